The van der Waals surface area contributed by atoms with E-state index in [9.17, 15) is 28.7 Å². The Balaban J connectivity index is 0.794. The predicted molar refractivity (Wildman–Crippen MR) is 249 cm³/mol. The summed E-state index contributed by atoms with van der Waals surface area (Å²) in [7, 11) is 1.76. The number of aromatic amines is 1. The number of piperidine rings is 1. The third-order valence-electron chi connectivity index (χ3n) is 11.7. The molecule has 7 rings (SSSR count). The Kier molecular flexibility index (Phi) is 15.2. The number of hydrogen-bond donors (Lipinski definition) is 5. The lowest BCUT2D eigenvalue weighted by atomic mass is 10.0. The number of rotatable bonds is 17. The zero-order chi connectivity index (χ0) is 45.0. The molecule has 6 aromatic rings. The molecule has 1 aromatic heterocycles. The Morgan fingerprint density at radius 3 is 2.41 bits per heavy atom. The number of halogens is 1. The van der Waals surface area contributed by atoms with Gasteiger partial charge in [-0.2, -0.15) is 0 Å². The number of phenols is 1. The lowest BCUT2D eigenvalue weighted by Gasteiger charge is -2.31. The number of aromatic hydroxyl groups is 1. The van der Waals surface area contributed by atoms with E-state index in [4.69, 9.17) is 4.74 Å². The van der Waals surface area contributed by atoms with Gasteiger partial charge in [-0.1, -0.05) is 78.9 Å². The lowest BCUT2D eigenvalue weighted by Crippen LogP contribution is -2.40. The summed E-state index contributed by atoms with van der Waals surface area (Å²) < 4.78 is 20.6. The average molecular weight is 867 g/mol. The van der Waals surface area contributed by atoms with E-state index in [0.29, 0.717) is 74.1 Å². The highest BCUT2D eigenvalue weighted by atomic mass is 19.1. The second kappa shape index (κ2) is 21.5. The number of nitrogens with zero attached hydrogens (tertiary/aromatic N) is 2. The van der Waals surface area contributed by atoms with Crippen LogP contribution in [0, 0.1) is 5.82 Å². The van der Waals surface area contributed by atoms with E-state index in [1.807, 2.05) is 91.9 Å². The second-order valence-electron chi connectivity index (χ2n) is 16.4. The van der Waals surface area contributed by atoms with Crippen molar-refractivity contribution in [2.45, 2.75) is 64.1 Å². The van der Waals surface area contributed by atoms with Crippen LogP contribution in [-0.2, 0) is 40.1 Å². The highest BCUT2D eigenvalue weighted by molar-refractivity contribution is 5.93. The first-order chi connectivity index (χ1) is 31.0. The van der Waals surface area contributed by atoms with Crippen LogP contribution in [-0.4, -0.2) is 78.3 Å². The third-order valence-corrected chi connectivity index (χ3v) is 11.7. The van der Waals surface area contributed by atoms with Gasteiger partial charge in [-0.15, -0.1) is 0 Å². The maximum absolute atomic E-state index is 14.9. The molecule has 1 aliphatic rings. The van der Waals surface area contributed by atoms with Crippen molar-refractivity contribution in [2.75, 3.05) is 43.4 Å². The summed E-state index contributed by atoms with van der Waals surface area (Å²) in [6, 6.07) is 36.3. The summed E-state index contributed by atoms with van der Waals surface area (Å²) >= 11 is 0. The van der Waals surface area contributed by atoms with Gasteiger partial charge < -0.3 is 35.3 Å². The predicted octanol–water partition coefficient (Wildman–Crippen LogP) is 7.73. The van der Waals surface area contributed by atoms with E-state index in [0.717, 1.165) is 46.4 Å². The zero-order valence-electron chi connectivity index (χ0n) is 36.2. The van der Waals surface area contributed by atoms with E-state index in [2.05, 4.69) is 25.8 Å². The van der Waals surface area contributed by atoms with Gasteiger partial charge in [0.15, 0.2) is 0 Å². The minimum Gasteiger partial charge on any atom is -0.506 e. The SMILES string of the molecule is CC(Cc1cc(CC(=O)NCc2ccc(N(C)C(=O)CCN3CCC(OC(=O)Nc4ccccc4-c4ccccc4)CC3)cc2)ccc1F)NCCc1ccc(O)c2[nH]c(=O)ccc12. The minimum absolute atomic E-state index is 0.0119. The van der Waals surface area contributed by atoms with Crippen molar-refractivity contribution in [2.24, 2.45) is 0 Å². The number of fused-ring (bicyclic) bond motifs is 1. The number of para-hydroxylation sites is 1. The molecule has 0 aliphatic carbocycles. The molecule has 12 nitrogen and oxygen atoms in total. The van der Waals surface area contributed by atoms with Crippen LogP contribution in [0.25, 0.3) is 22.0 Å². The molecule has 332 valence electrons. The van der Waals surface area contributed by atoms with Gasteiger partial charge in [-0.05, 0) is 103 Å². The number of hydrogen-bond acceptors (Lipinski definition) is 8. The van der Waals surface area contributed by atoms with Crippen molar-refractivity contribution in [3.63, 3.8) is 0 Å². The van der Waals surface area contributed by atoms with Crippen molar-refractivity contribution in [3.8, 4) is 16.9 Å². The standard InChI is InChI=1S/C51H55FN6O6/c1-34(53-26-22-38-15-20-46(59)50-43(38)18-21-47(60)56-50)30-39-31-36(14-19-44(39)52)32-48(61)54-33-35-12-16-40(17-13-35)57(2)49(62)25-29-58-27-23-41(24-28-58)64-51(63)55-45-11-7-6-10-42(45)37-8-4-3-5-9-37/h3-21,31,34,41,53,59H,22-30,32-33H2,1-2H3,(H,54,61)(H,55,63)(H,56,60). The fraction of sp³-hybridized carbons (Fsp3) is 0.294. The first kappa shape index (κ1) is 45.2. The number of likely N-dealkylation sites (tertiary alicyclic amines) is 1. The molecule has 1 saturated heterocycles. The molecule has 1 fully saturated rings. The number of H-pyrrole nitrogens is 1. The van der Waals surface area contributed by atoms with Gasteiger partial charge in [0.2, 0.25) is 17.4 Å². The number of nitrogens with one attached hydrogen (secondary N) is 4. The Labute approximate surface area is 372 Å². The molecule has 5 N–H and O–H groups in total. The van der Waals surface area contributed by atoms with E-state index >= 15 is 0 Å². The largest absolute Gasteiger partial charge is 0.506 e. The first-order valence-corrected chi connectivity index (χ1v) is 21.8. The van der Waals surface area contributed by atoms with Gasteiger partial charge in [-0.25, -0.2) is 9.18 Å². The fourth-order valence-electron chi connectivity index (χ4n) is 8.12. The Hall–Kier alpha value is -6.83. The van der Waals surface area contributed by atoms with Crippen LogP contribution in [0.5, 0.6) is 5.75 Å². The lowest BCUT2D eigenvalue weighted by molar-refractivity contribution is -0.120. The quantitative estimate of drug-likeness (QED) is 0.0624. The van der Waals surface area contributed by atoms with Crippen LogP contribution in [0.2, 0.25) is 0 Å². The van der Waals surface area contributed by atoms with Crippen LogP contribution in [0.1, 0.15) is 48.4 Å². The number of benzene rings is 5. The number of amides is 3. The summed E-state index contributed by atoms with van der Waals surface area (Å²) in [5.41, 5.74) is 6.58. The van der Waals surface area contributed by atoms with Gasteiger partial charge in [0.05, 0.1) is 17.6 Å². The van der Waals surface area contributed by atoms with Gasteiger partial charge >= 0.3 is 6.09 Å². The normalized spacial score (nSPS) is 13.6. The Morgan fingerprint density at radius 2 is 1.62 bits per heavy atom. The van der Waals surface area contributed by atoms with Crippen LogP contribution >= 0.6 is 0 Å². The Bertz CT molecular complexity index is 2610. The third kappa shape index (κ3) is 12.2. The summed E-state index contributed by atoms with van der Waals surface area (Å²) in [5.74, 6) is -0.511. The summed E-state index contributed by atoms with van der Waals surface area (Å²) in [4.78, 5) is 57.2. The number of anilines is 2. The van der Waals surface area contributed by atoms with Gasteiger partial charge in [-0.3, -0.25) is 19.7 Å². The van der Waals surface area contributed by atoms with Gasteiger partial charge in [0.1, 0.15) is 17.7 Å². The van der Waals surface area contributed by atoms with Crippen molar-refractivity contribution in [3.05, 3.63) is 160 Å². The molecular weight excluding hydrogens is 812 g/mol. The van der Waals surface area contributed by atoms with E-state index in [1.165, 1.54) is 12.1 Å². The summed E-state index contributed by atoms with van der Waals surface area (Å²) in [6.45, 7) is 4.94. The zero-order valence-corrected chi connectivity index (χ0v) is 36.2. The molecule has 13 heteroatoms. The molecule has 0 saturated carbocycles. The maximum atomic E-state index is 14.9. The van der Waals surface area contributed by atoms with Crippen LogP contribution < -0.4 is 26.4 Å². The topological polar surface area (TPSA) is 156 Å². The van der Waals surface area contributed by atoms with Gasteiger partial charge in [0, 0.05) is 68.4 Å². The van der Waals surface area contributed by atoms with E-state index < -0.39 is 6.09 Å². The van der Waals surface area contributed by atoms with Crippen molar-refractivity contribution < 1.29 is 28.6 Å². The number of pyridine rings is 1. The second-order valence-corrected chi connectivity index (χ2v) is 16.4. The number of ether oxygens (including phenoxy) is 1. The van der Waals surface area contributed by atoms with E-state index in [1.54, 1.807) is 36.2 Å². The van der Waals surface area contributed by atoms with Crippen molar-refractivity contribution in [1.29, 1.82) is 0 Å². The van der Waals surface area contributed by atoms with Crippen molar-refractivity contribution in [1.82, 2.24) is 20.5 Å². The molecule has 0 bridgehead atoms. The smallest absolute Gasteiger partial charge is 0.411 e. The number of carbonyl (C=O) groups excluding carboxylic acids is 3. The number of carbonyl (C=O) groups is 3. The van der Waals surface area contributed by atoms with Crippen LogP contribution in [0.4, 0.5) is 20.6 Å². The summed E-state index contributed by atoms with van der Waals surface area (Å²) in [5, 5.41) is 20.2. The molecule has 2 heterocycles. The molecule has 1 aliphatic heterocycles. The molecule has 64 heavy (non-hydrogen) atoms. The minimum atomic E-state index is -0.473. The fourth-order valence-corrected chi connectivity index (χ4v) is 8.12. The monoisotopic (exact) mass is 866 g/mol. The number of phenolic OH excluding ortho intramolecular Hbond substituents is 1. The van der Waals surface area contributed by atoms with Gasteiger partial charge in [0.25, 0.3) is 0 Å². The molecular formula is C51H55FN6O6. The first-order valence-electron chi connectivity index (χ1n) is 21.8. The highest BCUT2D eigenvalue weighted by Crippen LogP contribution is 2.29. The molecule has 1 unspecified atom stereocenters. The van der Waals surface area contributed by atoms with Crippen LogP contribution in [0.15, 0.2) is 126 Å². The molecule has 1 atom stereocenters. The average Bonchev–Trinajstić information content (AvgIpc) is 3.30. The molecule has 0 radical (unpaired) electrons. The highest BCUT2D eigenvalue weighted by Gasteiger charge is 2.24. The molecule has 0 spiro atoms. The Morgan fingerprint density at radius 1 is 0.891 bits per heavy atom. The van der Waals surface area contributed by atoms with E-state index in [-0.39, 0.29) is 47.5 Å². The van der Waals surface area contributed by atoms with Crippen LogP contribution in [0.3, 0.4) is 0 Å². The summed E-state index contributed by atoms with van der Waals surface area (Å²) in [6.07, 6.45) is 2.22. The van der Waals surface area contributed by atoms with Crippen molar-refractivity contribution >= 4 is 40.2 Å². The molecule has 3 amide bonds. The maximum Gasteiger partial charge on any atom is 0.411 e. The number of aromatic nitrogens is 1. The molecule has 5 aromatic carbocycles.